The zero-order valence-electron chi connectivity index (χ0n) is 17.8. The van der Waals surface area contributed by atoms with Gasteiger partial charge in [0.15, 0.2) is 0 Å². The van der Waals surface area contributed by atoms with Crippen molar-refractivity contribution in [2.75, 3.05) is 33.7 Å². The van der Waals surface area contributed by atoms with Crippen molar-refractivity contribution in [2.24, 2.45) is 0 Å². The van der Waals surface area contributed by atoms with Crippen LogP contribution in [0.2, 0.25) is 0 Å². The smallest absolute Gasteiger partial charge is 0.251 e. The van der Waals surface area contributed by atoms with Gasteiger partial charge in [-0.15, -0.1) is 0 Å². The number of hydrogen-bond donors (Lipinski definition) is 2. The summed E-state index contributed by atoms with van der Waals surface area (Å²) in [5, 5.41) is 3.09. The van der Waals surface area contributed by atoms with Crippen LogP contribution in [-0.2, 0) is 10.0 Å². The number of quaternary nitrogens is 1. The minimum absolute atomic E-state index is 0.121. The van der Waals surface area contributed by atoms with E-state index in [-0.39, 0.29) is 16.8 Å². The SMILES string of the molecule is C[NH+](C)C[C@@H](NC(=O)c1ccc(S(=O)(=O)N2CCCCCC2)cc1)c1ccccc1. The first-order valence-electron chi connectivity index (χ1n) is 10.6. The van der Waals surface area contributed by atoms with Crippen LogP contribution in [0.15, 0.2) is 59.5 Å². The Labute approximate surface area is 179 Å². The molecule has 2 aromatic carbocycles. The molecule has 1 aliphatic rings. The first-order chi connectivity index (χ1) is 14.4. The van der Waals surface area contributed by atoms with Crippen molar-refractivity contribution >= 4 is 15.9 Å². The Bertz CT molecular complexity index is 920. The maximum absolute atomic E-state index is 12.9. The molecule has 1 atom stereocenters. The lowest BCUT2D eigenvalue weighted by molar-refractivity contribution is -0.860. The lowest BCUT2D eigenvalue weighted by Crippen LogP contribution is -3.06. The van der Waals surface area contributed by atoms with Gasteiger partial charge in [-0.1, -0.05) is 43.2 Å². The predicted molar refractivity (Wildman–Crippen MR) is 118 cm³/mol. The molecule has 1 fully saturated rings. The number of sulfonamides is 1. The molecule has 1 heterocycles. The fraction of sp³-hybridized carbons (Fsp3) is 0.435. The lowest BCUT2D eigenvalue weighted by atomic mass is 10.1. The number of carbonyl (C=O) groups is 1. The van der Waals surface area contributed by atoms with Crippen LogP contribution in [0.4, 0.5) is 0 Å². The van der Waals surface area contributed by atoms with Crippen LogP contribution in [0.5, 0.6) is 0 Å². The van der Waals surface area contributed by atoms with E-state index in [1.807, 2.05) is 44.4 Å². The molecule has 0 unspecified atom stereocenters. The quantitative estimate of drug-likeness (QED) is 0.705. The van der Waals surface area contributed by atoms with E-state index < -0.39 is 10.0 Å². The van der Waals surface area contributed by atoms with Crippen molar-refractivity contribution in [3.8, 4) is 0 Å². The van der Waals surface area contributed by atoms with Crippen molar-refractivity contribution in [3.63, 3.8) is 0 Å². The zero-order valence-corrected chi connectivity index (χ0v) is 18.6. The number of benzene rings is 2. The molecule has 1 aliphatic heterocycles. The van der Waals surface area contributed by atoms with Crippen molar-refractivity contribution in [2.45, 2.75) is 36.6 Å². The molecule has 0 aromatic heterocycles. The van der Waals surface area contributed by atoms with Crippen molar-refractivity contribution in [3.05, 3.63) is 65.7 Å². The van der Waals surface area contributed by atoms with Crippen molar-refractivity contribution in [1.82, 2.24) is 9.62 Å². The molecule has 7 heteroatoms. The third kappa shape index (κ3) is 5.68. The minimum atomic E-state index is -3.51. The van der Waals surface area contributed by atoms with Gasteiger partial charge in [0.1, 0.15) is 12.6 Å². The molecule has 30 heavy (non-hydrogen) atoms. The Kier molecular flexibility index (Phi) is 7.64. The van der Waals surface area contributed by atoms with Gasteiger partial charge in [0.25, 0.3) is 5.91 Å². The second kappa shape index (κ2) is 10.2. The highest BCUT2D eigenvalue weighted by atomic mass is 32.2. The Morgan fingerprint density at radius 3 is 2.13 bits per heavy atom. The van der Waals surface area contributed by atoms with Crippen LogP contribution in [0.25, 0.3) is 0 Å². The summed E-state index contributed by atoms with van der Waals surface area (Å²) in [6.07, 6.45) is 3.94. The van der Waals surface area contributed by atoms with E-state index in [2.05, 4.69) is 5.32 Å². The summed E-state index contributed by atoms with van der Waals surface area (Å²) >= 11 is 0. The van der Waals surface area contributed by atoms with E-state index in [1.165, 1.54) is 4.90 Å². The average molecular weight is 431 g/mol. The Morgan fingerprint density at radius 1 is 0.967 bits per heavy atom. The maximum atomic E-state index is 12.9. The highest BCUT2D eigenvalue weighted by molar-refractivity contribution is 7.89. The lowest BCUT2D eigenvalue weighted by Gasteiger charge is -2.21. The van der Waals surface area contributed by atoms with Gasteiger partial charge in [0.05, 0.1) is 19.0 Å². The second-order valence-corrected chi connectivity index (χ2v) is 10.1. The van der Waals surface area contributed by atoms with Gasteiger partial charge in [-0.05, 0) is 42.7 Å². The Balaban J connectivity index is 1.73. The number of nitrogens with one attached hydrogen (secondary N) is 2. The summed E-state index contributed by atoms with van der Waals surface area (Å²) in [6.45, 7) is 1.88. The molecule has 3 rings (SSSR count). The van der Waals surface area contributed by atoms with E-state index in [1.54, 1.807) is 28.6 Å². The van der Waals surface area contributed by atoms with Gasteiger partial charge in [-0.3, -0.25) is 4.79 Å². The van der Waals surface area contributed by atoms with Gasteiger partial charge in [0, 0.05) is 18.7 Å². The Hall–Kier alpha value is -2.22. The summed E-state index contributed by atoms with van der Waals surface area (Å²) in [5.41, 5.74) is 1.51. The topological polar surface area (TPSA) is 70.9 Å². The largest absolute Gasteiger partial charge is 0.340 e. The zero-order chi connectivity index (χ0) is 21.6. The molecule has 6 nitrogen and oxygen atoms in total. The molecule has 0 aliphatic carbocycles. The molecule has 0 radical (unpaired) electrons. The molecular weight excluding hydrogens is 398 g/mol. The predicted octanol–water partition coefficient (Wildman–Crippen LogP) is 1.87. The molecule has 0 bridgehead atoms. The fourth-order valence-corrected chi connectivity index (χ4v) is 5.31. The van der Waals surface area contributed by atoms with Crippen LogP contribution < -0.4 is 10.2 Å². The molecular formula is C23H32N3O3S+. The number of hydrogen-bond acceptors (Lipinski definition) is 3. The molecule has 0 spiro atoms. The van der Waals surface area contributed by atoms with Crippen molar-refractivity contribution < 1.29 is 18.1 Å². The van der Waals surface area contributed by atoms with Gasteiger partial charge in [-0.25, -0.2) is 8.42 Å². The molecule has 2 N–H and O–H groups in total. The van der Waals surface area contributed by atoms with E-state index in [0.717, 1.165) is 37.8 Å². The van der Waals surface area contributed by atoms with E-state index in [4.69, 9.17) is 0 Å². The highest BCUT2D eigenvalue weighted by Gasteiger charge is 2.25. The monoisotopic (exact) mass is 430 g/mol. The molecule has 2 aromatic rings. The molecule has 1 amide bonds. The average Bonchev–Trinajstić information content (AvgIpc) is 3.04. The molecule has 1 saturated heterocycles. The summed E-state index contributed by atoms with van der Waals surface area (Å²) in [7, 11) is 0.581. The van der Waals surface area contributed by atoms with Crippen LogP contribution >= 0.6 is 0 Å². The van der Waals surface area contributed by atoms with Crippen LogP contribution in [0.3, 0.4) is 0 Å². The van der Waals surface area contributed by atoms with E-state index >= 15 is 0 Å². The summed E-state index contributed by atoms with van der Waals surface area (Å²) in [5.74, 6) is -0.205. The first-order valence-corrected chi connectivity index (χ1v) is 12.1. The third-order valence-corrected chi connectivity index (χ3v) is 7.35. The highest BCUT2D eigenvalue weighted by Crippen LogP contribution is 2.21. The van der Waals surface area contributed by atoms with Crippen LogP contribution in [0, 0.1) is 0 Å². The normalized spacial score (nSPS) is 16.8. The van der Waals surface area contributed by atoms with Gasteiger partial charge in [0.2, 0.25) is 10.0 Å². The summed E-state index contributed by atoms with van der Waals surface area (Å²) in [6, 6.07) is 16.1. The molecule has 0 saturated carbocycles. The third-order valence-electron chi connectivity index (χ3n) is 5.44. The fourth-order valence-electron chi connectivity index (χ4n) is 3.80. The Morgan fingerprint density at radius 2 is 1.57 bits per heavy atom. The van der Waals surface area contributed by atoms with E-state index in [9.17, 15) is 13.2 Å². The van der Waals surface area contributed by atoms with Gasteiger partial charge >= 0.3 is 0 Å². The minimum Gasteiger partial charge on any atom is -0.340 e. The number of carbonyl (C=O) groups excluding carboxylic acids is 1. The summed E-state index contributed by atoms with van der Waals surface area (Å²) < 4.78 is 27.4. The van der Waals surface area contributed by atoms with E-state index in [0.29, 0.717) is 18.7 Å². The number of amides is 1. The van der Waals surface area contributed by atoms with Crippen LogP contribution in [0.1, 0.15) is 47.6 Å². The van der Waals surface area contributed by atoms with Gasteiger partial charge < -0.3 is 10.2 Å². The van der Waals surface area contributed by atoms with Crippen molar-refractivity contribution in [1.29, 1.82) is 0 Å². The standard InChI is InChI=1S/C23H31N3O3S/c1-25(2)18-22(19-10-6-5-7-11-19)24-23(27)20-12-14-21(15-13-20)30(28,29)26-16-8-3-4-9-17-26/h5-7,10-15,22H,3-4,8-9,16-18H2,1-2H3,(H,24,27)/p+1/t22-/m1/s1. The number of nitrogens with zero attached hydrogens (tertiary/aromatic N) is 1. The number of likely N-dealkylation sites (N-methyl/N-ethyl adjacent to an activating group) is 1. The molecule has 162 valence electrons. The first kappa shape index (κ1) is 22.5. The maximum Gasteiger partial charge on any atom is 0.251 e. The second-order valence-electron chi connectivity index (χ2n) is 8.19. The van der Waals surface area contributed by atoms with Gasteiger partial charge in [-0.2, -0.15) is 4.31 Å². The number of rotatable bonds is 7. The van der Waals surface area contributed by atoms with Crippen LogP contribution in [-0.4, -0.2) is 52.4 Å². The summed E-state index contributed by atoms with van der Waals surface area (Å²) in [4.78, 5) is 14.3.